The molecule has 60 heavy (non-hydrogen) atoms. The summed E-state index contributed by atoms with van der Waals surface area (Å²) in [5.74, 6) is 6.42. The second kappa shape index (κ2) is 16.3. The minimum absolute atomic E-state index is 0.0188. The van der Waals surface area contributed by atoms with Crippen molar-refractivity contribution in [1.82, 2.24) is 0 Å². The van der Waals surface area contributed by atoms with Crippen LogP contribution in [0.1, 0.15) is 62.4 Å². The van der Waals surface area contributed by atoms with Crippen molar-refractivity contribution in [3.8, 4) is 23.0 Å². The molecule has 9 rings (SSSR count). The van der Waals surface area contributed by atoms with Gasteiger partial charge in [-0.15, -0.1) is 0 Å². The van der Waals surface area contributed by atoms with E-state index in [1.54, 1.807) is 32.4 Å². The van der Waals surface area contributed by atoms with Gasteiger partial charge in [0.25, 0.3) is 11.8 Å². The number of benzene rings is 5. The minimum Gasteiger partial charge on any atom is -0.493 e. The maximum Gasteiger partial charge on any atom is 0.261 e. The van der Waals surface area contributed by atoms with Crippen LogP contribution in [0, 0.1) is 0 Å². The number of hydrogen-bond donors (Lipinski definition) is 2. The van der Waals surface area contributed by atoms with Gasteiger partial charge in [0.05, 0.1) is 48.8 Å². The van der Waals surface area contributed by atoms with Crippen LogP contribution in [0.5, 0.6) is 23.0 Å². The zero-order chi connectivity index (χ0) is 41.5. The minimum atomic E-state index is -0.161. The summed E-state index contributed by atoms with van der Waals surface area (Å²) >= 11 is 6.55. The van der Waals surface area contributed by atoms with Crippen molar-refractivity contribution in [3.63, 3.8) is 0 Å². The molecule has 0 saturated heterocycles. The van der Waals surface area contributed by atoms with Gasteiger partial charge in [0.15, 0.2) is 23.0 Å². The fourth-order valence-corrected chi connectivity index (χ4v) is 9.74. The number of rotatable bonds is 12. The Labute approximate surface area is 360 Å². The highest BCUT2D eigenvalue weighted by atomic mass is 32.2. The second-order valence-electron chi connectivity index (χ2n) is 16.1. The Morgan fingerprint density at radius 3 is 2.05 bits per heavy atom. The van der Waals surface area contributed by atoms with E-state index in [-0.39, 0.29) is 41.9 Å². The lowest BCUT2D eigenvalue weighted by Gasteiger charge is -2.25. The van der Waals surface area contributed by atoms with E-state index >= 15 is 0 Å². The van der Waals surface area contributed by atoms with Gasteiger partial charge in [-0.1, -0.05) is 62.4 Å². The monoisotopic (exact) mass is 838 g/mol. The summed E-state index contributed by atoms with van der Waals surface area (Å²) < 4.78 is 24.4. The molecule has 4 aliphatic rings. The summed E-state index contributed by atoms with van der Waals surface area (Å²) in [4.78, 5) is 36.4. The van der Waals surface area contributed by atoms with Gasteiger partial charge >= 0.3 is 0 Å². The van der Waals surface area contributed by atoms with Crippen LogP contribution in [0.25, 0.3) is 0 Å². The van der Waals surface area contributed by atoms with E-state index in [1.165, 1.54) is 5.56 Å². The van der Waals surface area contributed by atoms with Gasteiger partial charge in [0.2, 0.25) is 0 Å². The Bertz CT molecular complexity index is 2580. The van der Waals surface area contributed by atoms with Crippen LogP contribution in [-0.4, -0.2) is 61.0 Å². The molecule has 306 valence electrons. The molecule has 0 spiro atoms. The third kappa shape index (κ3) is 7.83. The SMILES string of the molecule is COc1cc2c(cc1OCc1cc(COc3cc4c(cc3OC)C(=O)N3c5ccccc5C[C@H]3CN4)cc(CSCC(C)(C)S)c1)N=C=CC1Cc3ccccc3N1C2=O. The van der Waals surface area contributed by atoms with Crippen molar-refractivity contribution in [2.45, 2.75) is 62.5 Å². The van der Waals surface area contributed by atoms with E-state index < -0.39 is 0 Å². The number of hydrogen-bond acceptors (Lipinski definition) is 10. The number of nitrogens with zero attached hydrogens (tertiary/aromatic N) is 3. The third-order valence-electron chi connectivity index (χ3n) is 11.2. The van der Waals surface area contributed by atoms with Gasteiger partial charge in [-0.2, -0.15) is 24.4 Å². The largest absolute Gasteiger partial charge is 0.493 e. The van der Waals surface area contributed by atoms with Crippen molar-refractivity contribution < 1.29 is 28.5 Å². The molecule has 12 heteroatoms. The van der Waals surface area contributed by atoms with Crippen molar-refractivity contribution in [3.05, 3.63) is 136 Å². The molecule has 2 amide bonds. The lowest BCUT2D eigenvalue weighted by Crippen LogP contribution is -2.39. The number of aliphatic imine (C=N–C) groups is 1. The van der Waals surface area contributed by atoms with Gasteiger partial charge in [-0.05, 0) is 76.9 Å². The van der Waals surface area contributed by atoms with Crippen LogP contribution in [0.15, 0.2) is 102 Å². The van der Waals surface area contributed by atoms with Crippen molar-refractivity contribution >= 4 is 64.8 Å². The predicted octanol–water partition coefficient (Wildman–Crippen LogP) is 9.24. The fourth-order valence-electron chi connectivity index (χ4n) is 8.46. The molecule has 10 nitrogen and oxygen atoms in total. The van der Waals surface area contributed by atoms with E-state index in [9.17, 15) is 9.59 Å². The number of thioether (sulfide) groups is 1. The topological polar surface area (TPSA) is 102 Å². The van der Waals surface area contributed by atoms with Gasteiger partial charge in [-0.25, -0.2) is 4.99 Å². The molecule has 1 unspecified atom stereocenters. The molecule has 2 atom stereocenters. The van der Waals surface area contributed by atoms with Crippen molar-refractivity contribution in [2.75, 3.05) is 41.6 Å². The first-order valence-corrected chi connectivity index (χ1v) is 21.6. The molecule has 0 saturated carbocycles. The molecule has 0 radical (unpaired) electrons. The third-order valence-corrected chi connectivity index (χ3v) is 13.0. The van der Waals surface area contributed by atoms with Gasteiger partial charge in [0.1, 0.15) is 13.2 Å². The first-order chi connectivity index (χ1) is 29.1. The van der Waals surface area contributed by atoms with Gasteiger partial charge in [0, 0.05) is 52.4 Å². The van der Waals surface area contributed by atoms with Crippen LogP contribution in [0.2, 0.25) is 0 Å². The van der Waals surface area contributed by atoms with Crippen molar-refractivity contribution in [2.24, 2.45) is 4.99 Å². The summed E-state index contributed by atoms with van der Waals surface area (Å²) in [5, 5.41) is 3.52. The number of anilines is 3. The molecule has 4 aliphatic heterocycles. The standard InChI is InChI=1S/C48H46N4O6S2/c1-48(2,59)28-60-27-31-16-29(25-57-44-22-38-36(20-42(44)55-3)46(53)51-34(13-14-49-38)18-32-9-5-7-11-40(32)51)15-30(17-31)26-58-45-23-39-37(21-43(45)56-4)47(54)52-35(24-50-39)19-33-10-6-8-12-41(33)52/h5-13,15-17,20-23,34-35,50,59H,18-19,24-28H2,1-4H3/t34?,35-/m0/s1. The summed E-state index contributed by atoms with van der Waals surface area (Å²) in [5.41, 5.74) is 9.28. The van der Waals surface area contributed by atoms with E-state index in [4.69, 9.17) is 31.6 Å². The number of fused-ring (bicyclic) bond motifs is 8. The van der Waals surface area contributed by atoms with E-state index in [0.717, 1.165) is 51.6 Å². The quantitative estimate of drug-likeness (QED) is 0.120. The Balaban J connectivity index is 0.966. The number of para-hydroxylation sites is 2. The molecule has 0 fully saturated rings. The number of thiol groups is 1. The van der Waals surface area contributed by atoms with E-state index in [0.29, 0.717) is 58.5 Å². The number of amides is 2. The number of ether oxygens (including phenoxy) is 4. The fraction of sp³-hybridized carbons (Fsp3) is 0.292. The Morgan fingerprint density at radius 1 is 0.767 bits per heavy atom. The summed E-state index contributed by atoms with van der Waals surface area (Å²) in [6, 6.07) is 29.4. The maximum absolute atomic E-state index is 14.1. The molecule has 4 heterocycles. The van der Waals surface area contributed by atoms with Crippen LogP contribution in [-0.2, 0) is 31.8 Å². The van der Waals surface area contributed by atoms with Crippen LogP contribution in [0.4, 0.5) is 22.7 Å². The molecule has 0 aromatic heterocycles. The number of nitrogens with one attached hydrogen (secondary N) is 1. The lowest BCUT2D eigenvalue weighted by atomic mass is 10.1. The normalized spacial score (nSPS) is 17.3. The molecular weight excluding hydrogens is 793 g/mol. The van der Waals surface area contributed by atoms with Crippen molar-refractivity contribution in [1.29, 1.82) is 0 Å². The summed E-state index contributed by atoms with van der Waals surface area (Å²) in [6.45, 7) is 5.31. The first-order valence-electron chi connectivity index (χ1n) is 20.0. The molecule has 5 aromatic carbocycles. The first kappa shape index (κ1) is 39.6. The smallest absolute Gasteiger partial charge is 0.261 e. The Hall–Kier alpha value is -5.81. The number of methoxy groups -OCH3 is 2. The number of carbonyl (C=O) groups excluding carboxylic acids is 2. The average Bonchev–Trinajstić information content (AvgIpc) is 3.76. The zero-order valence-electron chi connectivity index (χ0n) is 34.0. The lowest BCUT2D eigenvalue weighted by molar-refractivity contribution is 0.0975. The highest BCUT2D eigenvalue weighted by molar-refractivity contribution is 7.99. The predicted molar refractivity (Wildman–Crippen MR) is 242 cm³/mol. The molecule has 0 aliphatic carbocycles. The number of carbonyl (C=O) groups is 2. The average molecular weight is 839 g/mol. The molecule has 0 bridgehead atoms. The Kier molecular flexibility index (Phi) is 10.8. The van der Waals surface area contributed by atoms with Gasteiger partial charge in [-0.3, -0.25) is 9.59 Å². The van der Waals surface area contributed by atoms with Crippen LogP contribution in [0.3, 0.4) is 0 Å². The van der Waals surface area contributed by atoms with E-state index in [1.807, 2.05) is 70.1 Å². The second-order valence-corrected chi connectivity index (χ2v) is 18.3. The summed E-state index contributed by atoms with van der Waals surface area (Å²) in [6.07, 6.45) is 3.37. The molecule has 1 N–H and O–H groups in total. The maximum atomic E-state index is 14.1. The molecule has 5 aromatic rings. The summed E-state index contributed by atoms with van der Waals surface area (Å²) in [7, 11) is 3.16. The van der Waals surface area contributed by atoms with E-state index in [2.05, 4.69) is 60.4 Å². The highest BCUT2D eigenvalue weighted by Gasteiger charge is 2.38. The zero-order valence-corrected chi connectivity index (χ0v) is 35.7. The van der Waals surface area contributed by atoms with Crippen LogP contribution < -0.4 is 34.1 Å². The highest BCUT2D eigenvalue weighted by Crippen LogP contribution is 2.42. The van der Waals surface area contributed by atoms with Gasteiger partial charge < -0.3 is 34.1 Å². The molecular formula is C48H46N4O6S2. The van der Waals surface area contributed by atoms with Crippen LogP contribution >= 0.6 is 24.4 Å². The Morgan fingerprint density at radius 2 is 1.37 bits per heavy atom.